The van der Waals surface area contributed by atoms with Crippen molar-refractivity contribution in [1.82, 2.24) is 52.8 Å². The number of nitrogens with two attached hydrogens (primary N) is 5. The number of carbonyl (C=O) groups excluding carboxylic acids is 13. The van der Waals surface area contributed by atoms with Crippen molar-refractivity contribution < 1.29 is 77.3 Å². The number of rotatable bonds is 36. The SMILES string of the molecule is CC[C@H](C)[C@H](NC(=O)[C@H](CCC(=O)O)NC(=O)[C@H](C)NC(=O)[C@H](CC(C)C)NC(=O)[C@H](CCC(N)=O)NC(=O)[C@H](CCCN=C(N)N)NC(=O)[C@H](C)N1CCCCCCC(=O)N[C@@H](CCC(N)=O)C(=O)N[C@@H](C(C)C)C1=O)C(=O)N[C@@H](Cc1ccc(O)cc1)C(N)=O. The van der Waals surface area contributed by atoms with Crippen LogP contribution in [-0.2, 0) is 73.5 Å². The number of amides is 13. The Balaban J connectivity index is 2.45. The molecule has 0 unspecified atom stereocenters. The summed E-state index contributed by atoms with van der Waals surface area (Å²) in [5.41, 5.74) is 28.1. The molecular weight excluding hydrogens is 1200 g/mol. The molecule has 1 saturated heterocycles. The van der Waals surface area contributed by atoms with E-state index < -0.39 is 181 Å². The third-order valence-corrected chi connectivity index (χ3v) is 15.3. The fourth-order valence-corrected chi connectivity index (χ4v) is 9.71. The predicted molar refractivity (Wildman–Crippen MR) is 336 cm³/mol. The quantitative estimate of drug-likeness (QED) is 0.0183. The number of aromatic hydroxyl groups is 1. The lowest BCUT2D eigenvalue weighted by atomic mass is 9.96. The number of carboxylic acid groups (broad SMARTS) is 1. The second-order valence-corrected chi connectivity index (χ2v) is 23.9. The van der Waals surface area contributed by atoms with Gasteiger partial charge in [0.25, 0.3) is 0 Å². The molecule has 514 valence electrons. The van der Waals surface area contributed by atoms with Gasteiger partial charge >= 0.3 is 5.97 Å². The molecule has 21 N–H and O–H groups in total. The van der Waals surface area contributed by atoms with Gasteiger partial charge in [-0.3, -0.25) is 72.1 Å². The molecule has 1 aliphatic rings. The Kier molecular flexibility index (Phi) is 34.2. The molecule has 0 aliphatic carbocycles. The van der Waals surface area contributed by atoms with Crippen LogP contribution in [0, 0.1) is 17.8 Å². The standard InChI is InChI=1S/C60H98N16O16/c1-9-33(6)49(58(91)72-42(50(63)83)30-36-17-19-37(77)20-18-36)75-56(89)41(23-26-47(81)82)69-51(84)34(7)67-57(90)43(29-31(2)3)73-54(87)40(22-25-45(62)79)71-53(86)38(15-14-27-66-60(64)65)70-52(85)35(8)76-28-13-11-10-12-16-46(80)68-39(21-24-44(61)78)55(88)74-48(32(4)5)59(76)92/h17-20,31-35,38-43,48-49,77H,9-16,21-30H2,1-8H3,(H2,61,78)(H2,62,79)(H2,63,83)(H,67,90)(H,68,80)(H,69,84)(H,70,85)(H,71,86)(H,72,91)(H,73,87)(H,74,88)(H,75,89)(H,81,82)(H4,64,65,66)/t33-,34-,35-,38-,39-,40-,41-,42-,43-,48-,49-/m0/s1. The van der Waals surface area contributed by atoms with Crippen LogP contribution in [0.1, 0.15) is 157 Å². The zero-order valence-corrected chi connectivity index (χ0v) is 53.9. The minimum atomic E-state index is -1.61. The third-order valence-electron chi connectivity index (χ3n) is 15.3. The summed E-state index contributed by atoms with van der Waals surface area (Å²) in [4.78, 5) is 193. The van der Waals surface area contributed by atoms with Crippen molar-refractivity contribution in [2.24, 2.45) is 51.4 Å². The first-order valence-electron chi connectivity index (χ1n) is 31.1. The van der Waals surface area contributed by atoms with E-state index in [0.29, 0.717) is 37.7 Å². The topological polar surface area (TPSA) is 533 Å². The minimum Gasteiger partial charge on any atom is -0.508 e. The smallest absolute Gasteiger partial charge is 0.303 e. The van der Waals surface area contributed by atoms with Crippen LogP contribution in [0.4, 0.5) is 0 Å². The van der Waals surface area contributed by atoms with E-state index in [-0.39, 0.29) is 75.7 Å². The van der Waals surface area contributed by atoms with Crippen LogP contribution >= 0.6 is 0 Å². The van der Waals surface area contributed by atoms with E-state index in [9.17, 15) is 77.3 Å². The molecule has 1 aromatic carbocycles. The van der Waals surface area contributed by atoms with E-state index in [1.807, 2.05) is 0 Å². The van der Waals surface area contributed by atoms with Crippen LogP contribution in [0.25, 0.3) is 0 Å². The third kappa shape index (κ3) is 28.8. The van der Waals surface area contributed by atoms with Crippen LogP contribution in [0.3, 0.4) is 0 Å². The van der Waals surface area contributed by atoms with Crippen molar-refractivity contribution in [3.05, 3.63) is 29.8 Å². The van der Waals surface area contributed by atoms with Gasteiger partial charge in [-0.2, -0.15) is 0 Å². The lowest BCUT2D eigenvalue weighted by Gasteiger charge is -2.35. The molecule has 0 aromatic heterocycles. The van der Waals surface area contributed by atoms with Gasteiger partial charge in [-0.25, -0.2) is 0 Å². The van der Waals surface area contributed by atoms with Crippen molar-refractivity contribution in [3.63, 3.8) is 0 Å². The molecule has 92 heavy (non-hydrogen) atoms. The van der Waals surface area contributed by atoms with Gasteiger partial charge in [-0.15, -0.1) is 0 Å². The Morgan fingerprint density at radius 3 is 1.71 bits per heavy atom. The molecule has 1 aromatic rings. The summed E-state index contributed by atoms with van der Waals surface area (Å²) in [5, 5.41) is 42.4. The number of nitrogens with zero attached hydrogens (tertiary/aromatic N) is 2. The van der Waals surface area contributed by atoms with Gasteiger partial charge < -0.3 is 91.6 Å². The molecule has 0 radical (unpaired) electrons. The summed E-state index contributed by atoms with van der Waals surface area (Å²) in [7, 11) is 0. The van der Waals surface area contributed by atoms with Gasteiger partial charge in [-0.05, 0) is 101 Å². The first kappa shape index (κ1) is 79.0. The van der Waals surface area contributed by atoms with Crippen LogP contribution < -0.4 is 76.5 Å². The average molecular weight is 1300 g/mol. The molecule has 0 saturated carbocycles. The molecule has 2 rings (SSSR count). The molecule has 32 nitrogen and oxygen atoms in total. The van der Waals surface area contributed by atoms with E-state index in [0.717, 1.165) is 0 Å². The first-order chi connectivity index (χ1) is 43.1. The lowest BCUT2D eigenvalue weighted by Crippen LogP contribution is -2.61. The van der Waals surface area contributed by atoms with Gasteiger partial charge in [-0.1, -0.05) is 72.9 Å². The van der Waals surface area contributed by atoms with Crippen LogP contribution in [-0.4, -0.2) is 177 Å². The highest BCUT2D eigenvalue weighted by atomic mass is 16.4. The van der Waals surface area contributed by atoms with Crippen molar-refractivity contribution in [3.8, 4) is 5.75 Å². The molecule has 1 aliphatic heterocycles. The number of hydrogen-bond donors (Lipinski definition) is 16. The normalized spacial score (nSPS) is 17.8. The maximum Gasteiger partial charge on any atom is 0.303 e. The zero-order chi connectivity index (χ0) is 69.5. The highest BCUT2D eigenvalue weighted by Crippen LogP contribution is 2.18. The summed E-state index contributed by atoms with van der Waals surface area (Å²) in [6, 6.07) is -8.16. The Morgan fingerprint density at radius 1 is 0.620 bits per heavy atom. The van der Waals surface area contributed by atoms with Gasteiger partial charge in [0.05, 0.1) is 0 Å². The molecule has 32 heteroatoms. The monoisotopic (exact) mass is 1300 g/mol. The number of hydrogen-bond acceptors (Lipinski definition) is 16. The zero-order valence-electron chi connectivity index (χ0n) is 53.9. The molecule has 1 fully saturated rings. The number of primary amides is 3. The molecule has 0 bridgehead atoms. The second kappa shape index (κ2) is 39.9. The van der Waals surface area contributed by atoms with Gasteiger partial charge in [0.2, 0.25) is 76.8 Å². The number of guanidine groups is 1. The van der Waals surface area contributed by atoms with Gasteiger partial charge in [0, 0.05) is 45.2 Å². The fourth-order valence-electron chi connectivity index (χ4n) is 9.71. The molecule has 11 atom stereocenters. The van der Waals surface area contributed by atoms with Crippen LogP contribution in [0.15, 0.2) is 29.3 Å². The maximum absolute atomic E-state index is 14.6. The van der Waals surface area contributed by atoms with Crippen molar-refractivity contribution in [2.75, 3.05) is 13.1 Å². The molecular formula is C60H98N16O16. The van der Waals surface area contributed by atoms with Crippen molar-refractivity contribution in [2.45, 2.75) is 219 Å². The Morgan fingerprint density at radius 2 is 1.15 bits per heavy atom. The summed E-state index contributed by atoms with van der Waals surface area (Å²) >= 11 is 0. The first-order valence-corrected chi connectivity index (χ1v) is 31.1. The largest absolute Gasteiger partial charge is 0.508 e. The van der Waals surface area contributed by atoms with E-state index in [2.05, 4.69) is 52.8 Å². The number of aliphatic imine (C=N–C) groups is 1. The number of carboxylic acids is 1. The number of benzene rings is 1. The van der Waals surface area contributed by atoms with Crippen LogP contribution in [0.5, 0.6) is 5.75 Å². The average Bonchev–Trinajstić information content (AvgIpc) is 0.961. The maximum atomic E-state index is 14.6. The van der Waals surface area contributed by atoms with Gasteiger partial charge in [0.15, 0.2) is 5.96 Å². The van der Waals surface area contributed by atoms with E-state index in [1.54, 1.807) is 41.5 Å². The highest BCUT2D eigenvalue weighted by molar-refractivity contribution is 5.99. The van der Waals surface area contributed by atoms with Gasteiger partial charge in [0.1, 0.15) is 66.2 Å². The lowest BCUT2D eigenvalue weighted by molar-refractivity contribution is -0.145. The molecule has 13 amide bonds. The summed E-state index contributed by atoms with van der Waals surface area (Å²) in [5.74, 6) is -14.0. The molecule has 0 spiro atoms. The number of carbonyl (C=O) groups is 14. The summed E-state index contributed by atoms with van der Waals surface area (Å²) in [6.07, 6.45) is -0.342. The Hall–Kier alpha value is -9.13. The highest BCUT2D eigenvalue weighted by Gasteiger charge is 2.39. The van der Waals surface area contributed by atoms with Crippen molar-refractivity contribution in [1.29, 1.82) is 0 Å². The predicted octanol–water partition coefficient (Wildman–Crippen LogP) is -2.82. The number of phenols is 1. The Labute approximate surface area is 535 Å². The van der Waals surface area contributed by atoms with E-state index >= 15 is 0 Å². The summed E-state index contributed by atoms with van der Waals surface area (Å²) < 4.78 is 0. The van der Waals surface area contributed by atoms with Crippen LogP contribution in [0.2, 0.25) is 0 Å². The van der Waals surface area contributed by atoms with E-state index in [4.69, 9.17) is 28.7 Å². The number of phenolic OH excluding ortho intramolecular Hbond substituents is 1. The van der Waals surface area contributed by atoms with Crippen molar-refractivity contribution >= 4 is 88.7 Å². The number of nitrogens with one attached hydrogen (secondary N) is 9. The second-order valence-electron chi connectivity index (χ2n) is 23.9. The van der Waals surface area contributed by atoms with E-state index in [1.165, 1.54) is 43.0 Å². The Bertz CT molecular complexity index is 2760. The fraction of sp³-hybridized carbons (Fsp3) is 0.650. The minimum absolute atomic E-state index is 0.00761. The summed E-state index contributed by atoms with van der Waals surface area (Å²) in [6.45, 7) is 12.7. The number of aliphatic carboxylic acids is 1. The molecule has 1 heterocycles.